The Hall–Kier alpha value is -3.75. The standard InChI is InChI=1S/C26H25ClN6O2/c1-15-23(16(2)35-32-15)20-7-8-22-24(21(20)12-17-5-4-6-19(27)11-17)25(28)31-26(30-22)18-13-29-33(14-18)9-10-34-3/h4-8,11,13-14H,9-10,12H2,1-3H3,(H2,28,30,31). The SMILES string of the molecule is COCCn1cc(-c2nc(N)c3c(Cc4cccc(Cl)c4)c(-c4c(C)noc4C)ccc3n2)cn1. The summed E-state index contributed by atoms with van der Waals surface area (Å²) < 4.78 is 12.4. The second-order valence-electron chi connectivity index (χ2n) is 8.41. The topological polar surface area (TPSA) is 105 Å². The highest BCUT2D eigenvalue weighted by Gasteiger charge is 2.21. The predicted molar refractivity (Wildman–Crippen MR) is 136 cm³/mol. The fraction of sp³-hybridized carbons (Fsp3) is 0.231. The number of fused-ring (bicyclic) bond motifs is 1. The third-order valence-electron chi connectivity index (χ3n) is 5.99. The lowest BCUT2D eigenvalue weighted by Crippen LogP contribution is -2.04. The van der Waals surface area contributed by atoms with Crippen LogP contribution in [0.2, 0.25) is 5.02 Å². The molecule has 35 heavy (non-hydrogen) atoms. The summed E-state index contributed by atoms with van der Waals surface area (Å²) in [5, 5.41) is 10.0. The van der Waals surface area contributed by atoms with Gasteiger partial charge >= 0.3 is 0 Å². The average Bonchev–Trinajstić information content (AvgIpc) is 3.44. The van der Waals surface area contributed by atoms with Crippen molar-refractivity contribution in [3.05, 3.63) is 76.4 Å². The zero-order chi connectivity index (χ0) is 24.5. The molecule has 0 fully saturated rings. The second-order valence-corrected chi connectivity index (χ2v) is 8.85. The molecule has 0 saturated heterocycles. The molecule has 3 heterocycles. The minimum atomic E-state index is 0.403. The van der Waals surface area contributed by atoms with Crippen molar-refractivity contribution in [1.29, 1.82) is 0 Å². The highest BCUT2D eigenvalue weighted by Crippen LogP contribution is 2.37. The molecule has 9 heteroatoms. The van der Waals surface area contributed by atoms with E-state index in [-0.39, 0.29) is 0 Å². The number of anilines is 1. The Balaban J connectivity index is 1.68. The maximum absolute atomic E-state index is 6.60. The Kier molecular flexibility index (Phi) is 6.23. The molecule has 0 aliphatic rings. The molecule has 2 N–H and O–H groups in total. The highest BCUT2D eigenvalue weighted by molar-refractivity contribution is 6.30. The normalized spacial score (nSPS) is 11.4. The molecule has 0 aliphatic heterocycles. The van der Waals surface area contributed by atoms with Crippen LogP contribution in [0.25, 0.3) is 33.4 Å². The van der Waals surface area contributed by atoms with Gasteiger partial charge in [-0.25, -0.2) is 9.97 Å². The lowest BCUT2D eigenvalue weighted by Gasteiger charge is -2.15. The summed E-state index contributed by atoms with van der Waals surface area (Å²) >= 11 is 6.28. The van der Waals surface area contributed by atoms with Crippen LogP contribution < -0.4 is 5.73 Å². The minimum absolute atomic E-state index is 0.403. The number of nitrogens with two attached hydrogens (primary N) is 1. The van der Waals surface area contributed by atoms with Gasteiger partial charge in [-0.05, 0) is 55.2 Å². The minimum Gasteiger partial charge on any atom is -0.383 e. The van der Waals surface area contributed by atoms with Gasteiger partial charge in [-0.2, -0.15) is 5.10 Å². The zero-order valence-electron chi connectivity index (χ0n) is 19.7. The number of rotatable bonds is 7. The van der Waals surface area contributed by atoms with E-state index in [1.165, 1.54) is 0 Å². The number of aryl methyl sites for hydroxylation is 2. The van der Waals surface area contributed by atoms with Gasteiger partial charge in [0.2, 0.25) is 0 Å². The third-order valence-corrected chi connectivity index (χ3v) is 6.22. The van der Waals surface area contributed by atoms with Crippen LogP contribution in [-0.4, -0.2) is 38.6 Å². The first-order valence-corrected chi connectivity index (χ1v) is 11.6. The first-order chi connectivity index (χ1) is 16.9. The molecular formula is C26H25ClN6O2. The molecule has 5 rings (SSSR count). The van der Waals surface area contributed by atoms with Gasteiger partial charge in [-0.3, -0.25) is 4.68 Å². The fourth-order valence-corrected chi connectivity index (χ4v) is 4.59. The van der Waals surface area contributed by atoms with Gasteiger partial charge in [0, 0.05) is 29.3 Å². The van der Waals surface area contributed by atoms with E-state index in [1.807, 2.05) is 56.4 Å². The van der Waals surface area contributed by atoms with Crippen molar-refractivity contribution >= 4 is 28.3 Å². The number of benzene rings is 2. The summed E-state index contributed by atoms with van der Waals surface area (Å²) in [4.78, 5) is 9.52. The van der Waals surface area contributed by atoms with Gasteiger partial charge in [-0.1, -0.05) is 35.0 Å². The Morgan fingerprint density at radius 3 is 2.74 bits per heavy atom. The van der Waals surface area contributed by atoms with E-state index in [2.05, 4.69) is 15.2 Å². The summed E-state index contributed by atoms with van der Waals surface area (Å²) in [5.74, 6) is 1.67. The van der Waals surface area contributed by atoms with Gasteiger partial charge in [0.15, 0.2) is 5.82 Å². The maximum atomic E-state index is 6.60. The first kappa shape index (κ1) is 23.0. The molecule has 0 spiro atoms. The molecule has 0 amide bonds. The summed E-state index contributed by atoms with van der Waals surface area (Å²) in [6.07, 6.45) is 4.23. The van der Waals surface area contributed by atoms with E-state index in [9.17, 15) is 0 Å². The van der Waals surface area contributed by atoms with Crippen molar-refractivity contribution in [2.75, 3.05) is 19.5 Å². The van der Waals surface area contributed by atoms with Crippen LogP contribution in [-0.2, 0) is 17.7 Å². The van der Waals surface area contributed by atoms with Crippen molar-refractivity contribution in [3.63, 3.8) is 0 Å². The lowest BCUT2D eigenvalue weighted by atomic mass is 9.91. The quantitative estimate of drug-likeness (QED) is 0.334. The molecular weight excluding hydrogens is 464 g/mol. The van der Waals surface area contributed by atoms with Crippen LogP contribution in [0.1, 0.15) is 22.6 Å². The molecule has 2 aromatic carbocycles. The van der Waals surface area contributed by atoms with E-state index in [0.29, 0.717) is 36.2 Å². The Morgan fingerprint density at radius 1 is 1.14 bits per heavy atom. The van der Waals surface area contributed by atoms with Gasteiger partial charge in [0.1, 0.15) is 11.6 Å². The Bertz CT molecular complexity index is 1500. The number of ether oxygens (including phenoxy) is 1. The predicted octanol–water partition coefficient (Wildman–Crippen LogP) is 5.24. The van der Waals surface area contributed by atoms with Gasteiger partial charge < -0.3 is 15.0 Å². The number of halogens is 1. The molecule has 0 radical (unpaired) electrons. The van der Waals surface area contributed by atoms with Gasteiger partial charge in [-0.15, -0.1) is 0 Å². The molecule has 178 valence electrons. The van der Waals surface area contributed by atoms with E-state index in [4.69, 9.17) is 31.6 Å². The lowest BCUT2D eigenvalue weighted by molar-refractivity contribution is 0.183. The Labute approximate surface area is 207 Å². The van der Waals surface area contributed by atoms with E-state index >= 15 is 0 Å². The number of aromatic nitrogens is 5. The number of hydrogen-bond acceptors (Lipinski definition) is 7. The average molecular weight is 489 g/mol. The van der Waals surface area contributed by atoms with Crippen LogP contribution in [0.5, 0.6) is 0 Å². The largest absolute Gasteiger partial charge is 0.383 e. The summed E-state index contributed by atoms with van der Waals surface area (Å²) in [7, 11) is 1.66. The van der Waals surface area contributed by atoms with Crippen LogP contribution in [0.4, 0.5) is 5.82 Å². The molecule has 0 bridgehead atoms. The number of nitrogens with zero attached hydrogens (tertiary/aromatic N) is 5. The van der Waals surface area contributed by atoms with Crippen molar-refractivity contribution in [3.8, 4) is 22.5 Å². The molecule has 0 unspecified atom stereocenters. The molecule has 5 aromatic rings. The zero-order valence-corrected chi connectivity index (χ0v) is 20.5. The summed E-state index contributed by atoms with van der Waals surface area (Å²) in [6.45, 7) is 5.06. The number of methoxy groups -OCH3 is 1. The smallest absolute Gasteiger partial charge is 0.165 e. The monoisotopic (exact) mass is 488 g/mol. The van der Waals surface area contributed by atoms with Crippen molar-refractivity contribution in [2.24, 2.45) is 0 Å². The molecule has 3 aromatic heterocycles. The van der Waals surface area contributed by atoms with Crippen LogP contribution in [0.3, 0.4) is 0 Å². The molecule has 0 aliphatic carbocycles. The highest BCUT2D eigenvalue weighted by atomic mass is 35.5. The summed E-state index contributed by atoms with van der Waals surface area (Å²) in [5.41, 5.74) is 13.0. The Morgan fingerprint density at radius 2 is 2.00 bits per heavy atom. The molecule has 0 saturated carbocycles. The summed E-state index contributed by atoms with van der Waals surface area (Å²) in [6, 6.07) is 11.8. The number of hydrogen-bond donors (Lipinski definition) is 1. The molecule has 0 atom stereocenters. The van der Waals surface area contributed by atoms with E-state index < -0.39 is 0 Å². The van der Waals surface area contributed by atoms with E-state index in [1.54, 1.807) is 18.0 Å². The van der Waals surface area contributed by atoms with E-state index in [0.717, 1.165) is 50.2 Å². The number of nitrogen functional groups attached to an aromatic ring is 1. The van der Waals surface area contributed by atoms with Crippen LogP contribution in [0, 0.1) is 13.8 Å². The van der Waals surface area contributed by atoms with Crippen LogP contribution in [0.15, 0.2) is 53.3 Å². The third kappa shape index (κ3) is 4.50. The fourth-order valence-electron chi connectivity index (χ4n) is 4.38. The molecule has 8 nitrogen and oxygen atoms in total. The first-order valence-electron chi connectivity index (χ1n) is 11.2. The van der Waals surface area contributed by atoms with Gasteiger partial charge in [0.05, 0.1) is 36.1 Å². The van der Waals surface area contributed by atoms with Crippen molar-refractivity contribution in [2.45, 2.75) is 26.8 Å². The van der Waals surface area contributed by atoms with Crippen molar-refractivity contribution < 1.29 is 9.26 Å². The van der Waals surface area contributed by atoms with Crippen LogP contribution >= 0.6 is 11.6 Å². The van der Waals surface area contributed by atoms with Crippen molar-refractivity contribution in [1.82, 2.24) is 24.9 Å². The van der Waals surface area contributed by atoms with Gasteiger partial charge in [0.25, 0.3) is 0 Å². The maximum Gasteiger partial charge on any atom is 0.165 e. The second kappa shape index (κ2) is 9.48.